The van der Waals surface area contributed by atoms with Gasteiger partial charge in [0.2, 0.25) is 0 Å². The van der Waals surface area contributed by atoms with Crippen LogP contribution in [0, 0.1) is 0 Å². The van der Waals surface area contributed by atoms with Crippen LogP contribution in [0.4, 0.5) is 0 Å². The number of rotatable bonds is 3. The summed E-state index contributed by atoms with van der Waals surface area (Å²) in [5, 5.41) is 4.17. The molecule has 0 saturated carbocycles. The van der Waals surface area contributed by atoms with Crippen LogP contribution < -0.4 is 0 Å². The molecule has 0 spiro atoms. The average Bonchev–Trinajstić information content (AvgIpc) is 2.69. The van der Waals surface area contributed by atoms with Crippen LogP contribution in [-0.2, 0) is 24.2 Å². The third-order valence-electron chi connectivity index (χ3n) is 2.87. The quantitative estimate of drug-likeness (QED) is 0.758. The van der Waals surface area contributed by atoms with Gasteiger partial charge in [0.05, 0.1) is 0 Å². The van der Waals surface area contributed by atoms with Crippen LogP contribution in [0.1, 0.15) is 31.4 Å². The van der Waals surface area contributed by atoms with Gasteiger partial charge in [-0.05, 0) is 0 Å². The molecule has 18 heavy (non-hydrogen) atoms. The molecule has 0 radical (unpaired) electrons. The first kappa shape index (κ1) is 13.6. The third-order valence-corrected chi connectivity index (χ3v) is 5.03. The average molecular weight is 414 g/mol. The molecule has 0 amide bonds. The number of oxime groups is 1. The molecular weight excluding hydrogens is 396 g/mol. The Balaban J connectivity index is 2.17. The molecule has 1 aliphatic heterocycles. The fourth-order valence-corrected chi connectivity index (χ4v) is 2.35. The maximum absolute atomic E-state index is 5.40. The predicted molar refractivity (Wildman–Crippen MR) is 70.6 cm³/mol. The van der Waals surface area contributed by atoms with Gasteiger partial charge < -0.3 is 0 Å². The number of benzene rings is 1. The number of nitrogens with zero attached hydrogens (tertiary/aromatic N) is 2. The monoisotopic (exact) mass is 414 g/mol. The fourth-order valence-electron chi connectivity index (χ4n) is 1.86. The Kier molecular flexibility index (Phi) is 3.84. The van der Waals surface area contributed by atoms with Gasteiger partial charge in [-0.25, -0.2) is 0 Å². The number of hydrogen-bond acceptors (Lipinski definition) is 3. The van der Waals surface area contributed by atoms with E-state index in [1.54, 1.807) is 0 Å². The van der Waals surface area contributed by atoms with Crippen LogP contribution >= 0.6 is 0 Å². The molecule has 3 nitrogen and oxygen atoms in total. The molecule has 1 aromatic rings. The molecule has 0 unspecified atom stereocenters. The first-order valence-electron chi connectivity index (χ1n) is 5.96. The van der Waals surface area contributed by atoms with E-state index >= 15 is 0 Å². The van der Waals surface area contributed by atoms with E-state index in [1.165, 1.54) is 28.9 Å². The van der Waals surface area contributed by atoms with E-state index in [2.05, 4.69) is 62.3 Å². The van der Waals surface area contributed by atoms with Crippen molar-refractivity contribution in [2.24, 2.45) is 5.16 Å². The summed E-state index contributed by atoms with van der Waals surface area (Å²) >= 11 is 1.48. The summed E-state index contributed by atoms with van der Waals surface area (Å²) in [5.41, 5.74) is 3.31. The second-order valence-electron chi connectivity index (χ2n) is 5.34. The van der Waals surface area contributed by atoms with E-state index in [-0.39, 0.29) is 5.60 Å². The summed E-state index contributed by atoms with van der Waals surface area (Å²) in [6.45, 7) is 4.12. The van der Waals surface area contributed by atoms with Crippen LogP contribution in [0.3, 0.4) is 0 Å². The van der Waals surface area contributed by atoms with Gasteiger partial charge in [-0.15, -0.1) is 0 Å². The maximum atomic E-state index is 5.40. The van der Waals surface area contributed by atoms with E-state index in [4.69, 9.17) is 4.84 Å². The van der Waals surface area contributed by atoms with Gasteiger partial charge in [0.25, 0.3) is 0 Å². The zero-order chi connectivity index (χ0) is 13.3. The van der Waals surface area contributed by atoms with E-state index in [1.807, 2.05) is 0 Å². The van der Waals surface area contributed by atoms with Gasteiger partial charge in [-0.3, -0.25) is 0 Å². The molecule has 4 heteroatoms. The van der Waals surface area contributed by atoms with Gasteiger partial charge in [0.15, 0.2) is 0 Å². The molecule has 0 aliphatic carbocycles. The first-order valence-corrected chi connectivity index (χ1v) is 7.43. The van der Waals surface area contributed by atoms with Crippen LogP contribution in [0.15, 0.2) is 29.4 Å². The first-order chi connectivity index (χ1) is 8.39. The molecule has 0 fully saturated rings. The zero-order valence-corrected chi connectivity index (χ0v) is 14.2. The van der Waals surface area contributed by atoms with Crippen molar-refractivity contribution in [3.63, 3.8) is 0 Å². The summed E-state index contributed by atoms with van der Waals surface area (Å²) < 4.78 is 1.34. The molecule has 96 valence electrons. The fraction of sp³-hybridized carbons (Fsp3) is 0.429. The van der Waals surface area contributed by atoms with Crippen molar-refractivity contribution in [3.8, 4) is 0 Å². The molecule has 1 heterocycles. The molecular formula is C14H18N2OW. The van der Waals surface area contributed by atoms with Crippen molar-refractivity contribution in [1.29, 1.82) is 0 Å². The SMILES string of the molecule is CN(C)[C](=[W])c1ccc(C2=NOC(C)(C)C2)cc1. The summed E-state index contributed by atoms with van der Waals surface area (Å²) in [6.07, 6.45) is 0.869. The Labute approximate surface area is 119 Å². The van der Waals surface area contributed by atoms with Gasteiger partial charge in [-0.1, -0.05) is 0 Å². The second kappa shape index (κ2) is 5.06. The molecule has 0 N–H and O–H groups in total. The summed E-state index contributed by atoms with van der Waals surface area (Å²) in [4.78, 5) is 7.56. The van der Waals surface area contributed by atoms with Crippen molar-refractivity contribution in [2.45, 2.75) is 25.9 Å². The normalized spacial score (nSPS) is 17.5. The Morgan fingerprint density at radius 2 is 1.89 bits per heavy atom. The predicted octanol–water partition coefficient (Wildman–Crippen LogP) is 2.18. The summed E-state index contributed by atoms with van der Waals surface area (Å²) in [6, 6.07) is 8.58. The van der Waals surface area contributed by atoms with Crippen LogP contribution in [0.5, 0.6) is 0 Å². The van der Waals surface area contributed by atoms with Crippen LogP contribution in [0.2, 0.25) is 0 Å². The zero-order valence-electron chi connectivity index (χ0n) is 11.2. The molecule has 1 aliphatic rings. The van der Waals surface area contributed by atoms with Gasteiger partial charge in [-0.2, -0.15) is 0 Å². The van der Waals surface area contributed by atoms with Crippen molar-refractivity contribution < 1.29 is 24.2 Å². The van der Waals surface area contributed by atoms with Crippen molar-refractivity contribution in [3.05, 3.63) is 35.4 Å². The topological polar surface area (TPSA) is 24.8 Å². The van der Waals surface area contributed by atoms with Crippen LogP contribution in [0.25, 0.3) is 0 Å². The van der Waals surface area contributed by atoms with Crippen LogP contribution in [-0.4, -0.2) is 34.3 Å². The molecule has 2 rings (SSSR count). The summed E-state index contributed by atoms with van der Waals surface area (Å²) in [7, 11) is 4.15. The van der Waals surface area contributed by atoms with E-state index in [9.17, 15) is 0 Å². The standard InChI is InChI=1S/C14H18N2O.W/c1-14(2)9-13(15-17-14)12-7-5-11(6-8-12)10-16(3)4;/h5-8H,9H2,1-4H3;. The Bertz CT molecular complexity index is 489. The summed E-state index contributed by atoms with van der Waals surface area (Å²) in [5.74, 6) is 0. The minimum absolute atomic E-state index is 0.163. The van der Waals surface area contributed by atoms with E-state index in [0.717, 1.165) is 17.7 Å². The van der Waals surface area contributed by atoms with E-state index < -0.39 is 0 Å². The molecule has 0 saturated heterocycles. The molecule has 0 bridgehead atoms. The Hall–Kier alpha value is -0.792. The van der Waals surface area contributed by atoms with Gasteiger partial charge >= 0.3 is 119 Å². The Morgan fingerprint density at radius 1 is 1.28 bits per heavy atom. The minimum atomic E-state index is -0.163. The molecule has 0 atom stereocenters. The van der Waals surface area contributed by atoms with E-state index in [0.29, 0.717) is 0 Å². The van der Waals surface area contributed by atoms with Crippen molar-refractivity contribution >= 4 is 9.73 Å². The third kappa shape index (κ3) is 2.96. The van der Waals surface area contributed by atoms with Crippen molar-refractivity contribution in [1.82, 2.24) is 4.90 Å². The van der Waals surface area contributed by atoms with Crippen molar-refractivity contribution in [2.75, 3.05) is 14.1 Å². The molecule has 0 aromatic heterocycles. The molecule has 1 aromatic carbocycles. The Morgan fingerprint density at radius 3 is 2.33 bits per heavy atom. The second-order valence-corrected chi connectivity index (χ2v) is 6.73. The van der Waals surface area contributed by atoms with Gasteiger partial charge in [0, 0.05) is 0 Å². The number of hydrogen-bond donors (Lipinski definition) is 0. The van der Waals surface area contributed by atoms with Gasteiger partial charge in [0.1, 0.15) is 0 Å².